The van der Waals surface area contributed by atoms with Gasteiger partial charge in [-0.05, 0) is 24.8 Å². The number of carbonyl (C=O) groups is 3. The van der Waals surface area contributed by atoms with E-state index in [2.05, 4.69) is 5.32 Å². The zero-order valence-electron chi connectivity index (χ0n) is 11.4. The smallest absolute Gasteiger partial charge is 0.326 e. The lowest BCUT2D eigenvalue weighted by Crippen LogP contribution is -2.43. The molecule has 0 radical (unpaired) electrons. The van der Waals surface area contributed by atoms with E-state index in [1.165, 1.54) is 0 Å². The summed E-state index contributed by atoms with van der Waals surface area (Å²) in [6.45, 7) is 4.52. The Morgan fingerprint density at radius 3 is 2.26 bits per heavy atom. The van der Waals surface area contributed by atoms with E-state index in [-0.39, 0.29) is 11.8 Å². The normalized spacial score (nSPS) is 12.8. The van der Waals surface area contributed by atoms with Crippen LogP contribution in [0.3, 0.4) is 0 Å². The largest absolute Gasteiger partial charge is 0.480 e. The first-order chi connectivity index (χ1) is 8.68. The molecule has 0 bridgehead atoms. The third kappa shape index (κ3) is 8.15. The van der Waals surface area contributed by atoms with Gasteiger partial charge < -0.3 is 21.9 Å². The van der Waals surface area contributed by atoms with Crippen LogP contribution in [0.2, 0.25) is 0 Å². The summed E-state index contributed by atoms with van der Waals surface area (Å²) >= 11 is 0. The van der Waals surface area contributed by atoms with Crippen LogP contribution >= 0.6 is 0 Å². The Bertz CT molecular complexity index is 342. The molecule has 0 aromatic carbocycles. The summed E-state index contributed by atoms with van der Waals surface area (Å²) in [5, 5.41) is 11.1. The van der Waals surface area contributed by atoms with Crippen LogP contribution in [0.25, 0.3) is 0 Å². The van der Waals surface area contributed by atoms with Crippen molar-refractivity contribution in [2.75, 3.05) is 6.54 Å². The first kappa shape index (κ1) is 17.4. The number of hydrogen-bond donors (Lipinski definition) is 4. The number of carboxylic acids is 1. The lowest BCUT2D eigenvalue weighted by atomic mass is 9.84. The lowest BCUT2D eigenvalue weighted by Gasteiger charge is -2.23. The van der Waals surface area contributed by atoms with Gasteiger partial charge in [-0.3, -0.25) is 9.59 Å². The molecule has 7 nitrogen and oxygen atoms in total. The number of amides is 2. The van der Waals surface area contributed by atoms with Crippen molar-refractivity contribution in [2.45, 2.75) is 45.6 Å². The predicted molar refractivity (Wildman–Crippen MR) is 70.1 cm³/mol. The first-order valence-corrected chi connectivity index (χ1v) is 6.18. The molecule has 0 aliphatic carbocycles. The summed E-state index contributed by atoms with van der Waals surface area (Å²) in [5.74, 6) is -2.44. The minimum absolute atomic E-state index is 0.0749. The average Bonchev–Trinajstić information content (AvgIpc) is 2.25. The standard InChI is InChI=1S/C12H23N3O4/c1-12(2,5-6-13)4-3-10(17)15-8(11(18)19)7-9(14)16/h8H,3-7,13H2,1-2H3,(H2,14,16)(H,15,17)(H,18,19)/t8-/m1/s1. The fourth-order valence-corrected chi connectivity index (χ4v) is 1.64. The van der Waals surface area contributed by atoms with Crippen LogP contribution in [-0.2, 0) is 14.4 Å². The summed E-state index contributed by atoms with van der Waals surface area (Å²) < 4.78 is 0. The van der Waals surface area contributed by atoms with Crippen LogP contribution in [0.15, 0.2) is 0 Å². The number of hydrogen-bond acceptors (Lipinski definition) is 4. The van der Waals surface area contributed by atoms with E-state index in [1.807, 2.05) is 13.8 Å². The molecule has 6 N–H and O–H groups in total. The van der Waals surface area contributed by atoms with Crippen molar-refractivity contribution in [3.63, 3.8) is 0 Å². The molecule has 0 unspecified atom stereocenters. The van der Waals surface area contributed by atoms with Gasteiger partial charge in [-0.25, -0.2) is 4.79 Å². The third-order valence-electron chi connectivity index (χ3n) is 2.89. The quantitative estimate of drug-likeness (QED) is 0.452. The van der Waals surface area contributed by atoms with E-state index < -0.39 is 30.2 Å². The Labute approximate surface area is 112 Å². The fourth-order valence-electron chi connectivity index (χ4n) is 1.64. The van der Waals surface area contributed by atoms with Gasteiger partial charge in [0.05, 0.1) is 6.42 Å². The molecule has 1 atom stereocenters. The van der Waals surface area contributed by atoms with Crippen molar-refractivity contribution in [3.05, 3.63) is 0 Å². The highest BCUT2D eigenvalue weighted by molar-refractivity contribution is 5.88. The topological polar surface area (TPSA) is 136 Å². The Kier molecular flexibility index (Phi) is 7.06. The van der Waals surface area contributed by atoms with E-state index in [4.69, 9.17) is 16.6 Å². The molecule has 110 valence electrons. The molecule has 0 aliphatic rings. The molecule has 0 saturated carbocycles. The van der Waals surface area contributed by atoms with Crippen LogP contribution < -0.4 is 16.8 Å². The molecule has 0 aromatic rings. The summed E-state index contributed by atoms with van der Waals surface area (Å²) in [6, 6.07) is -1.26. The minimum atomic E-state index is -1.27. The molecule has 7 heteroatoms. The van der Waals surface area contributed by atoms with Crippen LogP contribution in [0, 0.1) is 5.41 Å². The molecule has 2 amide bonds. The van der Waals surface area contributed by atoms with Gasteiger partial charge in [-0.2, -0.15) is 0 Å². The van der Waals surface area contributed by atoms with Gasteiger partial charge in [0.1, 0.15) is 6.04 Å². The number of aliphatic carboxylic acids is 1. The van der Waals surface area contributed by atoms with Crippen molar-refractivity contribution in [3.8, 4) is 0 Å². The number of nitrogens with two attached hydrogens (primary N) is 2. The highest BCUT2D eigenvalue weighted by Gasteiger charge is 2.23. The maximum Gasteiger partial charge on any atom is 0.326 e. The zero-order chi connectivity index (χ0) is 15.1. The second-order valence-corrected chi connectivity index (χ2v) is 5.33. The number of rotatable bonds is 9. The van der Waals surface area contributed by atoms with Crippen LogP contribution in [0.5, 0.6) is 0 Å². The van der Waals surface area contributed by atoms with Crippen LogP contribution in [0.4, 0.5) is 0 Å². The minimum Gasteiger partial charge on any atom is -0.480 e. The van der Waals surface area contributed by atoms with Gasteiger partial charge in [-0.15, -0.1) is 0 Å². The SMILES string of the molecule is CC(C)(CCN)CCC(=O)N[C@H](CC(N)=O)C(=O)O. The molecule has 0 fully saturated rings. The van der Waals surface area contributed by atoms with Crippen LogP contribution in [0.1, 0.15) is 39.5 Å². The Morgan fingerprint density at radius 2 is 1.84 bits per heavy atom. The van der Waals surface area contributed by atoms with E-state index in [1.54, 1.807) is 0 Å². The highest BCUT2D eigenvalue weighted by atomic mass is 16.4. The van der Waals surface area contributed by atoms with E-state index >= 15 is 0 Å². The van der Waals surface area contributed by atoms with Gasteiger partial charge in [0.15, 0.2) is 0 Å². The molecular weight excluding hydrogens is 250 g/mol. The second-order valence-electron chi connectivity index (χ2n) is 5.33. The Hall–Kier alpha value is -1.63. The van der Waals surface area contributed by atoms with Crippen molar-refractivity contribution in [2.24, 2.45) is 16.9 Å². The fraction of sp³-hybridized carbons (Fsp3) is 0.750. The van der Waals surface area contributed by atoms with Crippen molar-refractivity contribution in [1.29, 1.82) is 0 Å². The molecule has 0 heterocycles. The van der Waals surface area contributed by atoms with Gasteiger partial charge in [-0.1, -0.05) is 13.8 Å². The molecule has 0 rings (SSSR count). The maximum absolute atomic E-state index is 11.6. The summed E-state index contributed by atoms with van der Waals surface area (Å²) in [7, 11) is 0. The van der Waals surface area contributed by atoms with E-state index in [0.717, 1.165) is 6.42 Å². The second kappa shape index (κ2) is 7.73. The molecule has 0 saturated heterocycles. The summed E-state index contributed by atoms with van der Waals surface area (Å²) in [5.41, 5.74) is 10.3. The lowest BCUT2D eigenvalue weighted by molar-refractivity contribution is -0.143. The number of nitrogens with one attached hydrogen (secondary N) is 1. The van der Waals surface area contributed by atoms with E-state index in [0.29, 0.717) is 13.0 Å². The van der Waals surface area contributed by atoms with Gasteiger partial charge >= 0.3 is 5.97 Å². The summed E-state index contributed by atoms with van der Waals surface area (Å²) in [6.07, 6.45) is 1.16. The number of carboxylic acid groups (broad SMARTS) is 1. The predicted octanol–water partition coefficient (Wildman–Crippen LogP) is -0.414. The molecule has 0 aliphatic heterocycles. The van der Waals surface area contributed by atoms with Gasteiger partial charge in [0.25, 0.3) is 0 Å². The Morgan fingerprint density at radius 1 is 1.26 bits per heavy atom. The third-order valence-corrected chi connectivity index (χ3v) is 2.89. The molecule has 19 heavy (non-hydrogen) atoms. The monoisotopic (exact) mass is 273 g/mol. The number of primary amides is 1. The number of carbonyl (C=O) groups excluding carboxylic acids is 2. The highest BCUT2D eigenvalue weighted by Crippen LogP contribution is 2.25. The van der Waals surface area contributed by atoms with Crippen molar-refractivity contribution in [1.82, 2.24) is 5.32 Å². The van der Waals surface area contributed by atoms with Gasteiger partial charge in [0.2, 0.25) is 11.8 Å². The van der Waals surface area contributed by atoms with Gasteiger partial charge in [0, 0.05) is 6.42 Å². The Balaban J connectivity index is 4.27. The first-order valence-electron chi connectivity index (χ1n) is 6.18. The molecule has 0 aromatic heterocycles. The molecule has 0 spiro atoms. The van der Waals surface area contributed by atoms with E-state index in [9.17, 15) is 14.4 Å². The van der Waals surface area contributed by atoms with Crippen LogP contribution in [-0.4, -0.2) is 35.5 Å². The zero-order valence-corrected chi connectivity index (χ0v) is 11.4. The van der Waals surface area contributed by atoms with Crippen molar-refractivity contribution >= 4 is 17.8 Å². The van der Waals surface area contributed by atoms with Crippen molar-refractivity contribution < 1.29 is 19.5 Å². The summed E-state index contributed by atoms with van der Waals surface area (Å²) in [4.78, 5) is 33.2. The maximum atomic E-state index is 11.6. The average molecular weight is 273 g/mol. The molecular formula is C12H23N3O4.